The van der Waals surface area contributed by atoms with Gasteiger partial charge in [-0.25, -0.2) is 4.39 Å². The molecule has 1 aromatic rings. The Hall–Kier alpha value is -2.13. The maximum atomic E-state index is 13.5. The minimum absolute atomic E-state index is 0.0839. The Kier molecular flexibility index (Phi) is 6.63. The molecule has 7 nitrogen and oxygen atoms in total. The fourth-order valence-electron chi connectivity index (χ4n) is 1.43. The largest absolute Gasteiger partial charge is 0.382 e. The number of hydrogen-bond donors (Lipinski definition) is 1. The second-order valence-corrected chi connectivity index (χ2v) is 3.90. The van der Waals surface area contributed by atoms with Crippen LogP contribution in [0.5, 0.6) is 0 Å². The molecule has 0 saturated heterocycles. The zero-order chi connectivity index (χ0) is 15.8. The van der Waals surface area contributed by atoms with Crippen LogP contribution in [0.15, 0.2) is 12.1 Å². The van der Waals surface area contributed by atoms with Crippen molar-refractivity contribution in [3.63, 3.8) is 0 Å². The first kappa shape index (κ1) is 16.9. The molecule has 0 saturated carbocycles. The number of amides is 1. The van der Waals surface area contributed by atoms with Gasteiger partial charge in [-0.15, -0.1) is 0 Å². The van der Waals surface area contributed by atoms with E-state index in [-0.39, 0.29) is 13.2 Å². The highest BCUT2D eigenvalue weighted by Gasteiger charge is 2.21. The van der Waals surface area contributed by atoms with E-state index in [4.69, 9.17) is 9.47 Å². The molecule has 0 fully saturated rings. The molecule has 21 heavy (non-hydrogen) atoms. The number of nitrogens with one attached hydrogen (secondary N) is 1. The number of nitro benzene ring substituents is 1. The van der Waals surface area contributed by atoms with Crippen molar-refractivity contribution in [1.82, 2.24) is 5.32 Å². The molecule has 0 unspecified atom stereocenters. The Balaban J connectivity index is 2.58. The van der Waals surface area contributed by atoms with E-state index in [0.29, 0.717) is 25.3 Å². The summed E-state index contributed by atoms with van der Waals surface area (Å²) in [5.41, 5.74) is -1.62. The van der Waals surface area contributed by atoms with Crippen molar-refractivity contribution < 1.29 is 28.0 Å². The molecular weight excluding hydrogens is 290 g/mol. The van der Waals surface area contributed by atoms with E-state index in [2.05, 4.69) is 5.32 Å². The molecule has 1 N–H and O–H groups in total. The van der Waals surface area contributed by atoms with Gasteiger partial charge in [-0.05, 0) is 6.07 Å². The van der Waals surface area contributed by atoms with Gasteiger partial charge in [-0.2, -0.15) is 4.39 Å². The van der Waals surface area contributed by atoms with Crippen LogP contribution in [-0.2, 0) is 9.47 Å². The summed E-state index contributed by atoms with van der Waals surface area (Å²) in [6, 6.07) is 0.869. The van der Waals surface area contributed by atoms with Crippen molar-refractivity contribution in [3.05, 3.63) is 39.4 Å². The Bertz CT molecular complexity index is 525. The third-order valence-corrected chi connectivity index (χ3v) is 2.44. The average molecular weight is 304 g/mol. The quantitative estimate of drug-likeness (QED) is 0.443. The highest BCUT2D eigenvalue weighted by molar-refractivity contribution is 5.94. The number of benzene rings is 1. The molecule has 0 aromatic heterocycles. The van der Waals surface area contributed by atoms with Crippen LogP contribution in [0.4, 0.5) is 14.5 Å². The number of rotatable bonds is 8. The Morgan fingerprint density at radius 3 is 2.62 bits per heavy atom. The third-order valence-electron chi connectivity index (χ3n) is 2.44. The Labute approximate surface area is 119 Å². The molecule has 0 aliphatic rings. The van der Waals surface area contributed by atoms with Gasteiger partial charge >= 0.3 is 5.69 Å². The van der Waals surface area contributed by atoms with Crippen LogP contribution in [0.1, 0.15) is 10.4 Å². The van der Waals surface area contributed by atoms with Gasteiger partial charge in [0.2, 0.25) is 5.82 Å². The number of carbonyl (C=O) groups is 1. The van der Waals surface area contributed by atoms with Crippen molar-refractivity contribution >= 4 is 11.6 Å². The van der Waals surface area contributed by atoms with Gasteiger partial charge < -0.3 is 14.8 Å². The molecule has 0 atom stereocenters. The molecule has 0 spiro atoms. The van der Waals surface area contributed by atoms with Crippen molar-refractivity contribution in [2.45, 2.75) is 0 Å². The van der Waals surface area contributed by atoms with Gasteiger partial charge in [-0.1, -0.05) is 0 Å². The molecule has 0 heterocycles. The molecule has 1 amide bonds. The predicted octanol–water partition coefficient (Wildman–Crippen LogP) is 1.27. The molecule has 0 radical (unpaired) electrons. The van der Waals surface area contributed by atoms with Crippen molar-refractivity contribution in [1.29, 1.82) is 0 Å². The van der Waals surface area contributed by atoms with E-state index >= 15 is 0 Å². The van der Waals surface area contributed by atoms with Crippen LogP contribution < -0.4 is 5.32 Å². The summed E-state index contributed by atoms with van der Waals surface area (Å²) >= 11 is 0. The second-order valence-electron chi connectivity index (χ2n) is 3.90. The van der Waals surface area contributed by atoms with Crippen molar-refractivity contribution in [2.75, 3.05) is 33.5 Å². The first-order valence-corrected chi connectivity index (χ1v) is 5.95. The second kappa shape index (κ2) is 8.22. The zero-order valence-corrected chi connectivity index (χ0v) is 11.2. The number of nitrogens with zero attached hydrogens (tertiary/aromatic N) is 1. The summed E-state index contributed by atoms with van der Waals surface area (Å²) in [6.45, 7) is 0.996. The maximum Gasteiger partial charge on any atom is 0.307 e. The van der Waals surface area contributed by atoms with Gasteiger partial charge in [-0.3, -0.25) is 14.9 Å². The van der Waals surface area contributed by atoms with E-state index < -0.39 is 33.7 Å². The van der Waals surface area contributed by atoms with Gasteiger partial charge in [0.25, 0.3) is 5.91 Å². The van der Waals surface area contributed by atoms with E-state index in [1.807, 2.05) is 0 Å². The lowest BCUT2D eigenvalue weighted by molar-refractivity contribution is -0.387. The summed E-state index contributed by atoms with van der Waals surface area (Å²) in [5.74, 6) is -3.32. The van der Waals surface area contributed by atoms with Crippen LogP contribution in [0.25, 0.3) is 0 Å². The smallest absolute Gasteiger partial charge is 0.307 e. The summed E-state index contributed by atoms with van der Waals surface area (Å²) in [4.78, 5) is 21.0. The van der Waals surface area contributed by atoms with Crippen LogP contribution in [0, 0.1) is 21.7 Å². The molecule has 1 aromatic carbocycles. The van der Waals surface area contributed by atoms with Crippen molar-refractivity contribution in [2.24, 2.45) is 0 Å². The molecular formula is C12H14F2N2O5. The Morgan fingerprint density at radius 1 is 1.29 bits per heavy atom. The topological polar surface area (TPSA) is 90.7 Å². The predicted molar refractivity (Wildman–Crippen MR) is 68.0 cm³/mol. The fourth-order valence-corrected chi connectivity index (χ4v) is 1.43. The highest BCUT2D eigenvalue weighted by Crippen LogP contribution is 2.21. The Morgan fingerprint density at radius 2 is 2.00 bits per heavy atom. The van der Waals surface area contributed by atoms with E-state index in [0.717, 1.165) is 0 Å². The number of methoxy groups -OCH3 is 1. The summed E-state index contributed by atoms with van der Waals surface area (Å²) in [6.07, 6.45) is 0. The minimum atomic E-state index is -1.28. The maximum absolute atomic E-state index is 13.5. The average Bonchev–Trinajstić information content (AvgIpc) is 2.44. The minimum Gasteiger partial charge on any atom is -0.382 e. The van der Waals surface area contributed by atoms with Crippen molar-refractivity contribution in [3.8, 4) is 0 Å². The molecule has 0 aliphatic heterocycles. The molecule has 9 heteroatoms. The SMILES string of the molecule is COCCOCCNC(=O)c1cc(F)c([N+](=O)[O-])cc1F. The summed E-state index contributed by atoms with van der Waals surface area (Å²) in [5, 5.41) is 12.7. The van der Waals surface area contributed by atoms with E-state index in [1.54, 1.807) is 0 Å². The molecule has 1 rings (SSSR count). The van der Waals surface area contributed by atoms with Gasteiger partial charge in [0, 0.05) is 13.7 Å². The number of hydrogen-bond acceptors (Lipinski definition) is 5. The lowest BCUT2D eigenvalue weighted by atomic mass is 10.1. The third kappa shape index (κ3) is 5.04. The van der Waals surface area contributed by atoms with E-state index in [1.165, 1.54) is 7.11 Å². The highest BCUT2D eigenvalue weighted by atomic mass is 19.1. The molecule has 0 aliphatic carbocycles. The fraction of sp³-hybridized carbons (Fsp3) is 0.417. The van der Waals surface area contributed by atoms with Crippen LogP contribution in [0.3, 0.4) is 0 Å². The van der Waals surface area contributed by atoms with Gasteiger partial charge in [0.1, 0.15) is 5.82 Å². The number of carbonyl (C=O) groups excluding carboxylic acids is 1. The standard InChI is InChI=1S/C12H14F2N2O5/c1-20-4-5-21-3-2-15-12(17)8-6-10(14)11(16(18)19)7-9(8)13/h6-7H,2-5H2,1H3,(H,15,17). The van der Waals surface area contributed by atoms with Gasteiger partial charge in [0.15, 0.2) is 0 Å². The lowest BCUT2D eigenvalue weighted by Gasteiger charge is -2.07. The first-order chi connectivity index (χ1) is 9.97. The van der Waals surface area contributed by atoms with Crippen LogP contribution in [0.2, 0.25) is 0 Å². The zero-order valence-electron chi connectivity index (χ0n) is 11.2. The summed E-state index contributed by atoms with van der Waals surface area (Å²) in [7, 11) is 1.51. The lowest BCUT2D eigenvalue weighted by Crippen LogP contribution is -2.28. The van der Waals surface area contributed by atoms with Crippen LogP contribution >= 0.6 is 0 Å². The van der Waals surface area contributed by atoms with Crippen LogP contribution in [-0.4, -0.2) is 44.3 Å². The van der Waals surface area contributed by atoms with Gasteiger partial charge in [0.05, 0.1) is 36.4 Å². The first-order valence-electron chi connectivity index (χ1n) is 5.95. The number of ether oxygens (including phenoxy) is 2. The number of halogens is 2. The monoisotopic (exact) mass is 304 g/mol. The number of nitro groups is 1. The molecule has 116 valence electrons. The van der Waals surface area contributed by atoms with E-state index in [9.17, 15) is 23.7 Å². The normalized spacial score (nSPS) is 10.4. The summed E-state index contributed by atoms with van der Waals surface area (Å²) < 4.78 is 36.7. The molecule has 0 bridgehead atoms.